The van der Waals surface area contributed by atoms with Crippen LogP contribution in [0.4, 0.5) is 5.69 Å². The molecule has 0 radical (unpaired) electrons. The molecule has 4 nitrogen and oxygen atoms in total. The summed E-state index contributed by atoms with van der Waals surface area (Å²) in [5.41, 5.74) is 6.29. The molecule has 1 fully saturated rings. The third-order valence-electron chi connectivity index (χ3n) is 3.56. The average Bonchev–Trinajstić information content (AvgIpc) is 2.71. The van der Waals surface area contributed by atoms with Crippen LogP contribution in [0.5, 0.6) is 5.75 Å². The Bertz CT molecular complexity index is 451. The van der Waals surface area contributed by atoms with Gasteiger partial charge in [-0.2, -0.15) is 0 Å². The Labute approximate surface area is 124 Å². The zero-order valence-corrected chi connectivity index (χ0v) is 12.5. The highest BCUT2D eigenvalue weighted by atomic mass is 35.5. The van der Waals surface area contributed by atoms with Gasteiger partial charge in [0.25, 0.3) is 5.91 Å². The van der Waals surface area contributed by atoms with Crippen molar-refractivity contribution in [2.24, 2.45) is 0 Å². The summed E-state index contributed by atoms with van der Waals surface area (Å²) in [5, 5.41) is 0.431. The lowest BCUT2D eigenvalue weighted by Gasteiger charge is -2.25. The number of para-hydroxylation sites is 1. The Kier molecular flexibility index (Phi) is 5.12. The molecule has 1 amide bonds. The first-order chi connectivity index (χ1) is 9.59. The van der Waals surface area contributed by atoms with Crippen molar-refractivity contribution in [3.8, 4) is 5.75 Å². The fourth-order valence-electron chi connectivity index (χ4n) is 2.43. The van der Waals surface area contributed by atoms with Gasteiger partial charge in [-0.25, -0.2) is 0 Å². The van der Waals surface area contributed by atoms with Gasteiger partial charge < -0.3 is 15.4 Å². The molecule has 1 unspecified atom stereocenters. The standard InChI is InChI=1S/C15H21ClN2O2/c1-11(15(19)18-9-4-2-3-5-10-18)20-14-12(16)7-6-8-13(14)17/h6-8,11H,2-5,9-10,17H2,1H3. The topological polar surface area (TPSA) is 55.6 Å². The van der Waals surface area contributed by atoms with Crippen molar-refractivity contribution in [1.29, 1.82) is 0 Å². The number of amides is 1. The second kappa shape index (κ2) is 6.84. The summed E-state index contributed by atoms with van der Waals surface area (Å²) in [6.07, 6.45) is 3.93. The number of nitrogen functional groups attached to an aromatic ring is 1. The Hall–Kier alpha value is -1.42. The van der Waals surface area contributed by atoms with Gasteiger partial charge in [-0.15, -0.1) is 0 Å². The Morgan fingerprint density at radius 1 is 1.30 bits per heavy atom. The minimum absolute atomic E-state index is 0.00576. The lowest BCUT2D eigenvalue weighted by atomic mass is 10.2. The van der Waals surface area contributed by atoms with Gasteiger partial charge in [0.15, 0.2) is 11.9 Å². The van der Waals surface area contributed by atoms with Crippen LogP contribution in [0.15, 0.2) is 18.2 Å². The molecule has 1 aromatic rings. The summed E-state index contributed by atoms with van der Waals surface area (Å²) in [6.45, 7) is 3.37. The fourth-order valence-corrected chi connectivity index (χ4v) is 2.65. The molecule has 5 heteroatoms. The summed E-state index contributed by atoms with van der Waals surface area (Å²) in [6, 6.07) is 5.17. The molecular weight excluding hydrogens is 276 g/mol. The van der Waals surface area contributed by atoms with Crippen LogP contribution in [0.1, 0.15) is 32.6 Å². The number of benzene rings is 1. The van der Waals surface area contributed by atoms with Gasteiger partial charge in [-0.05, 0) is 31.9 Å². The van der Waals surface area contributed by atoms with E-state index in [2.05, 4.69) is 0 Å². The van der Waals surface area contributed by atoms with E-state index in [0.29, 0.717) is 16.5 Å². The van der Waals surface area contributed by atoms with Gasteiger partial charge in [-0.3, -0.25) is 4.79 Å². The molecule has 2 N–H and O–H groups in total. The maximum absolute atomic E-state index is 12.4. The van der Waals surface area contributed by atoms with Crippen LogP contribution in [0.2, 0.25) is 5.02 Å². The van der Waals surface area contributed by atoms with Crippen molar-refractivity contribution < 1.29 is 9.53 Å². The number of rotatable bonds is 3. The molecule has 0 aromatic heterocycles. The van der Waals surface area contributed by atoms with Crippen LogP contribution < -0.4 is 10.5 Å². The maximum Gasteiger partial charge on any atom is 0.263 e. The molecule has 2 rings (SSSR count). The van der Waals surface area contributed by atoms with Crippen molar-refractivity contribution >= 4 is 23.2 Å². The SMILES string of the molecule is CC(Oc1c(N)cccc1Cl)C(=O)N1CCCCCC1. The second-order valence-electron chi connectivity index (χ2n) is 5.16. The first kappa shape index (κ1) is 15.0. The van der Waals surface area contributed by atoms with E-state index in [1.807, 2.05) is 4.90 Å². The van der Waals surface area contributed by atoms with E-state index in [4.69, 9.17) is 22.1 Å². The smallest absolute Gasteiger partial charge is 0.263 e. The number of halogens is 1. The molecule has 1 heterocycles. The minimum atomic E-state index is -0.574. The first-order valence-electron chi connectivity index (χ1n) is 7.09. The lowest BCUT2D eigenvalue weighted by Crippen LogP contribution is -2.41. The summed E-state index contributed by atoms with van der Waals surface area (Å²) in [5.74, 6) is 0.399. The van der Waals surface area contributed by atoms with E-state index in [9.17, 15) is 4.79 Å². The molecule has 1 aliphatic rings. The molecule has 1 atom stereocenters. The largest absolute Gasteiger partial charge is 0.477 e. The molecule has 0 aliphatic carbocycles. The number of nitrogens with zero attached hydrogens (tertiary/aromatic N) is 1. The van der Waals surface area contributed by atoms with E-state index in [1.54, 1.807) is 25.1 Å². The third-order valence-corrected chi connectivity index (χ3v) is 3.86. The van der Waals surface area contributed by atoms with Crippen LogP contribution in [0.3, 0.4) is 0 Å². The zero-order valence-electron chi connectivity index (χ0n) is 11.8. The van der Waals surface area contributed by atoms with Crippen LogP contribution in [-0.4, -0.2) is 30.0 Å². The normalized spacial score (nSPS) is 17.4. The Balaban J connectivity index is 2.03. The van der Waals surface area contributed by atoms with Crippen LogP contribution in [-0.2, 0) is 4.79 Å². The number of anilines is 1. The van der Waals surface area contributed by atoms with Gasteiger partial charge in [0.1, 0.15) is 0 Å². The van der Waals surface area contributed by atoms with E-state index in [1.165, 1.54) is 12.8 Å². The highest BCUT2D eigenvalue weighted by Crippen LogP contribution is 2.31. The van der Waals surface area contributed by atoms with E-state index >= 15 is 0 Å². The lowest BCUT2D eigenvalue weighted by molar-refractivity contribution is -0.137. The van der Waals surface area contributed by atoms with Gasteiger partial charge >= 0.3 is 0 Å². The summed E-state index contributed by atoms with van der Waals surface area (Å²) in [7, 11) is 0. The van der Waals surface area contributed by atoms with Crippen molar-refractivity contribution in [1.82, 2.24) is 4.90 Å². The second-order valence-corrected chi connectivity index (χ2v) is 5.56. The Morgan fingerprint density at radius 3 is 2.55 bits per heavy atom. The number of carbonyl (C=O) groups excluding carboxylic acids is 1. The summed E-state index contributed by atoms with van der Waals surface area (Å²) < 4.78 is 5.68. The first-order valence-corrected chi connectivity index (χ1v) is 7.47. The number of hydrogen-bond acceptors (Lipinski definition) is 3. The molecule has 0 bridgehead atoms. The predicted octanol–water partition coefficient (Wildman–Crippen LogP) is 3.09. The number of likely N-dealkylation sites (tertiary alicyclic amines) is 1. The molecule has 0 spiro atoms. The van der Waals surface area contributed by atoms with Gasteiger partial charge in [0.05, 0.1) is 10.7 Å². The van der Waals surface area contributed by atoms with Gasteiger partial charge in [0, 0.05) is 13.1 Å². The fraction of sp³-hybridized carbons (Fsp3) is 0.533. The van der Waals surface area contributed by atoms with E-state index in [0.717, 1.165) is 25.9 Å². The van der Waals surface area contributed by atoms with Crippen molar-refractivity contribution in [3.05, 3.63) is 23.2 Å². The molecule has 20 heavy (non-hydrogen) atoms. The highest BCUT2D eigenvalue weighted by molar-refractivity contribution is 6.32. The number of hydrogen-bond donors (Lipinski definition) is 1. The number of ether oxygens (including phenoxy) is 1. The zero-order chi connectivity index (χ0) is 14.5. The summed E-state index contributed by atoms with van der Waals surface area (Å²) in [4.78, 5) is 14.3. The van der Waals surface area contributed by atoms with Crippen LogP contribution >= 0.6 is 11.6 Å². The van der Waals surface area contributed by atoms with Crippen molar-refractivity contribution in [2.45, 2.75) is 38.7 Å². The molecule has 1 saturated heterocycles. The number of carbonyl (C=O) groups is 1. The monoisotopic (exact) mass is 296 g/mol. The van der Waals surface area contributed by atoms with Gasteiger partial charge in [0.2, 0.25) is 0 Å². The Morgan fingerprint density at radius 2 is 1.95 bits per heavy atom. The van der Waals surface area contributed by atoms with E-state index < -0.39 is 6.10 Å². The van der Waals surface area contributed by atoms with Crippen molar-refractivity contribution in [3.63, 3.8) is 0 Å². The minimum Gasteiger partial charge on any atom is -0.477 e. The van der Waals surface area contributed by atoms with E-state index in [-0.39, 0.29) is 5.91 Å². The van der Waals surface area contributed by atoms with Gasteiger partial charge in [-0.1, -0.05) is 30.5 Å². The predicted molar refractivity (Wildman–Crippen MR) is 81.0 cm³/mol. The molecule has 110 valence electrons. The third kappa shape index (κ3) is 3.57. The molecule has 1 aliphatic heterocycles. The average molecular weight is 297 g/mol. The highest BCUT2D eigenvalue weighted by Gasteiger charge is 2.24. The number of nitrogens with two attached hydrogens (primary N) is 1. The molecular formula is C15H21ClN2O2. The molecule has 0 saturated carbocycles. The molecule has 1 aromatic carbocycles. The summed E-state index contributed by atoms with van der Waals surface area (Å²) >= 11 is 6.06. The van der Waals surface area contributed by atoms with Crippen LogP contribution in [0, 0.1) is 0 Å². The quantitative estimate of drug-likeness (QED) is 0.872. The van der Waals surface area contributed by atoms with Crippen molar-refractivity contribution in [2.75, 3.05) is 18.8 Å². The maximum atomic E-state index is 12.4. The van der Waals surface area contributed by atoms with Crippen LogP contribution in [0.25, 0.3) is 0 Å².